The number of rotatable bonds is 9. The van der Waals surface area contributed by atoms with Crippen molar-refractivity contribution in [3.05, 3.63) is 184 Å². The number of hydrogen-bond acceptors (Lipinski definition) is 4. The first-order valence-corrected chi connectivity index (χ1v) is 18.4. The molecule has 12 heteroatoms. The summed E-state index contributed by atoms with van der Waals surface area (Å²) in [6, 6.07) is 33.6. The molecule has 1 heterocycles. The SMILES string of the molecule is Cc1ccc(Oc2ccc(Oc3ccc(N4C(=O)c5cccc6c(C=Cc7ccccc7)ccc(c56)C4=O)cc3C(F)(F)F)c(-c3cccc(CF)c3)c2)c(C(F)(F)F)c1. The number of aryl methyl sites for hydroxylation is 1. The molecular formula is C48H30F7NO4. The molecule has 8 rings (SSSR count). The third-order valence-electron chi connectivity index (χ3n) is 9.95. The van der Waals surface area contributed by atoms with E-state index in [9.17, 15) is 40.3 Å². The van der Waals surface area contributed by atoms with Gasteiger partial charge >= 0.3 is 12.4 Å². The first-order valence-electron chi connectivity index (χ1n) is 18.4. The summed E-state index contributed by atoms with van der Waals surface area (Å²) in [4.78, 5) is 28.7. The van der Waals surface area contributed by atoms with Crippen LogP contribution in [-0.2, 0) is 19.0 Å². The molecule has 1 aliphatic heterocycles. The molecule has 0 aliphatic carbocycles. The van der Waals surface area contributed by atoms with Gasteiger partial charge in [0, 0.05) is 22.1 Å². The third-order valence-corrected chi connectivity index (χ3v) is 9.95. The first-order chi connectivity index (χ1) is 28.7. The molecule has 0 saturated heterocycles. The fourth-order valence-electron chi connectivity index (χ4n) is 7.13. The Morgan fingerprint density at radius 2 is 1.25 bits per heavy atom. The van der Waals surface area contributed by atoms with Crippen molar-refractivity contribution in [1.29, 1.82) is 0 Å². The fraction of sp³-hybridized carbons (Fsp3) is 0.0833. The lowest BCUT2D eigenvalue weighted by Gasteiger charge is -2.28. The van der Waals surface area contributed by atoms with Crippen LogP contribution in [0.15, 0.2) is 140 Å². The minimum atomic E-state index is -5.07. The van der Waals surface area contributed by atoms with Crippen LogP contribution in [0.4, 0.5) is 36.4 Å². The average molecular weight is 818 g/mol. The summed E-state index contributed by atoms with van der Waals surface area (Å²) >= 11 is 0. The maximum absolute atomic E-state index is 14.9. The molecule has 60 heavy (non-hydrogen) atoms. The molecule has 0 atom stereocenters. The highest BCUT2D eigenvalue weighted by molar-refractivity contribution is 6.36. The van der Waals surface area contributed by atoms with E-state index in [1.807, 2.05) is 42.5 Å². The van der Waals surface area contributed by atoms with Crippen LogP contribution in [0.5, 0.6) is 23.0 Å². The Hall–Kier alpha value is -7.21. The largest absolute Gasteiger partial charge is 0.457 e. The van der Waals surface area contributed by atoms with E-state index < -0.39 is 53.5 Å². The molecule has 0 fully saturated rings. The minimum Gasteiger partial charge on any atom is -0.457 e. The average Bonchev–Trinajstić information content (AvgIpc) is 3.23. The van der Waals surface area contributed by atoms with E-state index in [0.717, 1.165) is 35.4 Å². The third kappa shape index (κ3) is 7.71. The number of nitrogens with zero attached hydrogens (tertiary/aromatic N) is 1. The van der Waals surface area contributed by atoms with Crippen LogP contribution >= 0.6 is 0 Å². The van der Waals surface area contributed by atoms with Crippen molar-refractivity contribution in [2.24, 2.45) is 0 Å². The van der Waals surface area contributed by atoms with Gasteiger partial charge in [-0.2, -0.15) is 26.3 Å². The van der Waals surface area contributed by atoms with Crippen LogP contribution in [-0.4, -0.2) is 11.8 Å². The highest BCUT2D eigenvalue weighted by Gasteiger charge is 2.39. The van der Waals surface area contributed by atoms with Gasteiger partial charge in [0.2, 0.25) is 0 Å². The second-order valence-corrected chi connectivity index (χ2v) is 14.0. The molecule has 5 nitrogen and oxygen atoms in total. The number of hydrogen-bond donors (Lipinski definition) is 0. The van der Waals surface area contributed by atoms with Crippen molar-refractivity contribution < 1.29 is 49.8 Å². The standard InChI is InChI=1S/C48H30F7NO4/c1-28-13-20-42(39(23-28)47(50,51)52)59-34-18-22-41(38(26-34)32-10-5-9-30(24-32)27-49)60-43-21-17-33(25-40(43)48(53,54)55)56-45(57)36-12-6-11-35-31(15-14-29-7-3-2-4-8-29)16-19-37(44(35)36)46(56)58/h2-26H,27H2,1H3. The maximum atomic E-state index is 14.9. The predicted octanol–water partition coefficient (Wildman–Crippen LogP) is 13.9. The molecular weight excluding hydrogens is 788 g/mol. The highest BCUT2D eigenvalue weighted by atomic mass is 19.4. The van der Waals surface area contributed by atoms with Gasteiger partial charge in [0.1, 0.15) is 35.2 Å². The van der Waals surface area contributed by atoms with Crippen LogP contribution < -0.4 is 14.4 Å². The van der Waals surface area contributed by atoms with E-state index in [1.165, 1.54) is 67.6 Å². The lowest BCUT2D eigenvalue weighted by Crippen LogP contribution is -2.40. The van der Waals surface area contributed by atoms with Crippen LogP contribution in [0.25, 0.3) is 34.1 Å². The van der Waals surface area contributed by atoms with Gasteiger partial charge in [0.25, 0.3) is 11.8 Å². The van der Waals surface area contributed by atoms with Crippen molar-refractivity contribution >= 4 is 40.4 Å². The summed E-state index contributed by atoms with van der Waals surface area (Å²) in [5.74, 6) is -3.16. The molecule has 300 valence electrons. The van der Waals surface area contributed by atoms with E-state index in [-0.39, 0.29) is 45.0 Å². The first kappa shape index (κ1) is 39.6. The Morgan fingerprint density at radius 1 is 0.583 bits per heavy atom. The Balaban J connectivity index is 1.16. The van der Waals surface area contributed by atoms with Gasteiger partial charge in [-0.1, -0.05) is 90.5 Å². The zero-order chi connectivity index (χ0) is 42.3. The number of amides is 2. The predicted molar refractivity (Wildman–Crippen MR) is 215 cm³/mol. The number of alkyl halides is 7. The number of anilines is 1. The summed E-state index contributed by atoms with van der Waals surface area (Å²) in [6.07, 6.45) is -6.09. The zero-order valence-electron chi connectivity index (χ0n) is 31.4. The van der Waals surface area contributed by atoms with Gasteiger partial charge in [0.05, 0.1) is 11.3 Å². The van der Waals surface area contributed by atoms with Crippen LogP contribution in [0.1, 0.15) is 54.1 Å². The van der Waals surface area contributed by atoms with Gasteiger partial charge in [0.15, 0.2) is 0 Å². The van der Waals surface area contributed by atoms with Gasteiger partial charge in [-0.15, -0.1) is 0 Å². The molecule has 0 spiro atoms. The van der Waals surface area contributed by atoms with Crippen molar-refractivity contribution in [3.8, 4) is 34.1 Å². The summed E-state index contributed by atoms with van der Waals surface area (Å²) in [6.45, 7) is 0.614. The van der Waals surface area contributed by atoms with Gasteiger partial charge < -0.3 is 9.47 Å². The Bertz CT molecular complexity index is 2830. The lowest BCUT2D eigenvalue weighted by molar-refractivity contribution is -0.139. The molecule has 0 bridgehead atoms. The normalized spacial score (nSPS) is 13.0. The Labute approximate surface area is 338 Å². The smallest absolute Gasteiger partial charge is 0.420 e. The number of carbonyl (C=O) groups is 2. The number of imide groups is 1. The molecule has 0 saturated carbocycles. The van der Waals surface area contributed by atoms with Gasteiger partial charge in [-0.3, -0.25) is 9.59 Å². The van der Waals surface area contributed by atoms with Crippen LogP contribution in [0, 0.1) is 6.92 Å². The summed E-state index contributed by atoms with van der Waals surface area (Å²) < 4.78 is 112. The molecule has 0 aromatic heterocycles. The maximum Gasteiger partial charge on any atom is 0.420 e. The molecule has 1 aliphatic rings. The lowest BCUT2D eigenvalue weighted by atomic mass is 9.90. The molecule has 0 unspecified atom stereocenters. The molecule has 0 N–H and O–H groups in total. The van der Waals surface area contributed by atoms with Gasteiger partial charge in [-0.05, 0) is 101 Å². The van der Waals surface area contributed by atoms with Crippen molar-refractivity contribution in [2.45, 2.75) is 26.0 Å². The summed E-state index contributed by atoms with van der Waals surface area (Å²) in [5.41, 5.74) is 0.0826. The van der Waals surface area contributed by atoms with Crippen molar-refractivity contribution in [2.75, 3.05) is 4.90 Å². The number of benzene rings is 7. The topological polar surface area (TPSA) is 55.8 Å². The zero-order valence-corrected chi connectivity index (χ0v) is 31.4. The van der Waals surface area contributed by atoms with E-state index in [2.05, 4.69) is 0 Å². The molecule has 7 aromatic rings. The molecule has 0 radical (unpaired) electrons. The van der Waals surface area contributed by atoms with Crippen LogP contribution in [0.2, 0.25) is 0 Å². The summed E-state index contributed by atoms with van der Waals surface area (Å²) in [5, 5.41) is 0.992. The number of carbonyl (C=O) groups excluding carboxylic acids is 2. The second-order valence-electron chi connectivity index (χ2n) is 14.0. The quantitative estimate of drug-likeness (QED) is 0.0827. The Morgan fingerprint density at radius 3 is 1.98 bits per heavy atom. The Kier molecular flexibility index (Phi) is 10.2. The van der Waals surface area contributed by atoms with Crippen molar-refractivity contribution in [3.63, 3.8) is 0 Å². The molecule has 2 amide bonds. The van der Waals surface area contributed by atoms with Crippen LogP contribution in [0.3, 0.4) is 0 Å². The van der Waals surface area contributed by atoms with E-state index in [0.29, 0.717) is 27.3 Å². The fourth-order valence-corrected chi connectivity index (χ4v) is 7.13. The monoisotopic (exact) mass is 817 g/mol. The number of ether oxygens (including phenoxy) is 2. The van der Waals surface area contributed by atoms with Gasteiger partial charge in [-0.25, -0.2) is 9.29 Å². The highest BCUT2D eigenvalue weighted by Crippen LogP contribution is 2.46. The summed E-state index contributed by atoms with van der Waals surface area (Å²) in [7, 11) is 0. The van der Waals surface area contributed by atoms with Crippen molar-refractivity contribution in [1.82, 2.24) is 0 Å². The van der Waals surface area contributed by atoms with E-state index in [1.54, 1.807) is 18.2 Å². The second kappa shape index (κ2) is 15.5. The molecule has 7 aromatic carbocycles. The minimum absolute atomic E-state index is 0.0738. The van der Waals surface area contributed by atoms with E-state index >= 15 is 0 Å². The number of halogens is 7. The van der Waals surface area contributed by atoms with E-state index in [4.69, 9.17) is 9.47 Å².